The van der Waals surface area contributed by atoms with E-state index in [-0.39, 0.29) is 0 Å². The molecule has 0 fully saturated rings. The van der Waals surface area contributed by atoms with E-state index in [4.69, 9.17) is 0 Å². The van der Waals surface area contributed by atoms with Crippen LogP contribution >= 0.6 is 16.3 Å². The zero-order chi connectivity index (χ0) is 6.57. The van der Waals surface area contributed by atoms with Gasteiger partial charge in [0, 0.05) is 0 Å². The van der Waals surface area contributed by atoms with Gasteiger partial charge in [-0.1, -0.05) is 0 Å². The monoisotopic (exact) mass is 188 g/mol. The highest BCUT2D eigenvalue weighted by Crippen LogP contribution is 2.01. The van der Waals surface area contributed by atoms with Gasteiger partial charge in [-0.05, 0) is 0 Å². The molecule has 0 aromatic heterocycles. The molecule has 0 saturated heterocycles. The van der Waals surface area contributed by atoms with E-state index in [1.165, 1.54) is 0 Å². The molecular formula is C3H3BrF2O2. The fourth-order valence-electron chi connectivity index (χ4n) is 0.157. The van der Waals surface area contributed by atoms with Gasteiger partial charge in [-0.15, -0.1) is 0 Å². The van der Waals surface area contributed by atoms with E-state index in [9.17, 15) is 13.6 Å². The molecule has 0 aliphatic heterocycles. The maximum Gasteiger partial charge on any atom is 0.323 e. The summed E-state index contributed by atoms with van der Waals surface area (Å²) in [5.74, 6) is -0.958. The number of hydrogen-bond acceptors (Lipinski definition) is 2. The molecule has 0 amide bonds. The van der Waals surface area contributed by atoms with Crippen LogP contribution in [-0.4, -0.2) is 12.4 Å². The molecule has 5 heteroatoms. The lowest BCUT2D eigenvalue weighted by atomic mass is 10.5. The third kappa shape index (κ3) is 3.98. The van der Waals surface area contributed by atoms with E-state index in [0.717, 1.165) is 0 Å². The van der Waals surface area contributed by atoms with Gasteiger partial charge >= 0.3 is 5.97 Å². The molecule has 0 N–H and O–H groups in total. The Morgan fingerprint density at radius 3 is 2.38 bits per heavy atom. The quantitative estimate of drug-likeness (QED) is 0.657. The molecule has 48 valence electrons. The summed E-state index contributed by atoms with van der Waals surface area (Å²) in [6, 6.07) is 0. The average molecular weight is 189 g/mol. The van der Waals surface area contributed by atoms with E-state index < -0.39 is 18.8 Å². The maximum atomic E-state index is 11.2. The SMILES string of the molecule is O=C(CC(F)F)OBr. The number of carbonyl (C=O) groups is 1. The molecule has 0 aliphatic carbocycles. The summed E-state index contributed by atoms with van der Waals surface area (Å²) in [4.78, 5) is 9.87. The first-order valence-corrected chi connectivity index (χ1v) is 2.41. The smallest absolute Gasteiger partial charge is 0.323 e. The summed E-state index contributed by atoms with van der Waals surface area (Å²) in [6.07, 6.45) is -3.48. The first kappa shape index (κ1) is 7.81. The van der Waals surface area contributed by atoms with Gasteiger partial charge in [0.2, 0.25) is 6.43 Å². The van der Waals surface area contributed by atoms with E-state index >= 15 is 0 Å². The van der Waals surface area contributed by atoms with Gasteiger partial charge in [-0.3, -0.25) is 4.79 Å². The summed E-state index contributed by atoms with van der Waals surface area (Å²) in [5.41, 5.74) is 0. The molecule has 0 unspecified atom stereocenters. The normalized spacial score (nSPS) is 9.50. The average Bonchev–Trinajstić information content (AvgIpc) is 1.65. The lowest BCUT2D eigenvalue weighted by Gasteiger charge is -1.91. The van der Waals surface area contributed by atoms with Gasteiger partial charge < -0.3 is 3.83 Å². The van der Waals surface area contributed by atoms with E-state index in [1.54, 1.807) is 0 Å². The largest absolute Gasteiger partial charge is 0.383 e. The van der Waals surface area contributed by atoms with Crippen molar-refractivity contribution in [1.82, 2.24) is 0 Å². The standard InChI is InChI=1S/C3H3BrF2O2/c4-8-3(7)1-2(5)6/h2H,1H2. The van der Waals surface area contributed by atoms with Gasteiger partial charge in [0.25, 0.3) is 0 Å². The molecular weight excluding hydrogens is 186 g/mol. The molecule has 8 heavy (non-hydrogen) atoms. The van der Waals surface area contributed by atoms with Crippen LogP contribution in [0.15, 0.2) is 0 Å². The van der Waals surface area contributed by atoms with Crippen LogP contribution in [0.2, 0.25) is 0 Å². The number of halogens is 3. The van der Waals surface area contributed by atoms with Crippen LogP contribution in [-0.2, 0) is 8.62 Å². The van der Waals surface area contributed by atoms with Gasteiger partial charge in [0.15, 0.2) is 16.3 Å². The summed E-state index contributed by atoms with van der Waals surface area (Å²) >= 11 is 2.26. The van der Waals surface area contributed by atoms with Crippen LogP contribution in [0.4, 0.5) is 8.78 Å². The molecule has 0 atom stereocenters. The van der Waals surface area contributed by atoms with Crippen molar-refractivity contribution in [2.45, 2.75) is 12.8 Å². The molecule has 0 spiro atoms. The number of rotatable bonds is 2. The Hall–Kier alpha value is -0.190. The van der Waals surface area contributed by atoms with E-state index in [0.29, 0.717) is 0 Å². The lowest BCUT2D eigenvalue weighted by molar-refractivity contribution is -0.135. The zero-order valence-electron chi connectivity index (χ0n) is 3.73. The number of alkyl halides is 2. The Morgan fingerprint density at radius 2 is 2.25 bits per heavy atom. The minimum atomic E-state index is -2.62. The molecule has 0 bridgehead atoms. The van der Waals surface area contributed by atoms with Gasteiger partial charge in [0.1, 0.15) is 6.42 Å². The molecule has 0 saturated carbocycles. The minimum Gasteiger partial charge on any atom is -0.383 e. The molecule has 0 heterocycles. The molecule has 0 aromatic carbocycles. The van der Waals surface area contributed by atoms with Crippen molar-refractivity contribution in [3.63, 3.8) is 0 Å². The van der Waals surface area contributed by atoms with Crippen molar-refractivity contribution in [2.24, 2.45) is 0 Å². The van der Waals surface area contributed by atoms with Crippen molar-refractivity contribution in [1.29, 1.82) is 0 Å². The van der Waals surface area contributed by atoms with Gasteiger partial charge in [-0.25, -0.2) is 8.78 Å². The van der Waals surface area contributed by atoms with E-state index in [1.807, 2.05) is 0 Å². The Bertz CT molecular complexity index is 85.4. The fraction of sp³-hybridized carbons (Fsp3) is 0.667. The van der Waals surface area contributed by atoms with Crippen LogP contribution in [0.25, 0.3) is 0 Å². The first-order valence-electron chi connectivity index (χ1n) is 1.76. The Balaban J connectivity index is 3.25. The van der Waals surface area contributed by atoms with Crippen LogP contribution in [0.5, 0.6) is 0 Å². The molecule has 0 radical (unpaired) electrons. The highest BCUT2D eigenvalue weighted by atomic mass is 79.9. The predicted octanol–water partition coefficient (Wildman–Crippen LogP) is 1.49. The lowest BCUT2D eigenvalue weighted by Crippen LogP contribution is -2.02. The zero-order valence-corrected chi connectivity index (χ0v) is 5.32. The predicted molar refractivity (Wildman–Crippen MR) is 25.6 cm³/mol. The maximum absolute atomic E-state index is 11.2. The fourth-order valence-corrected chi connectivity index (χ4v) is 0.290. The Labute approximate surface area is 53.3 Å². The summed E-state index contributed by atoms with van der Waals surface area (Å²) in [6.45, 7) is 0. The van der Waals surface area contributed by atoms with Crippen LogP contribution < -0.4 is 0 Å². The highest BCUT2D eigenvalue weighted by Gasteiger charge is 2.10. The number of hydrogen-bond donors (Lipinski definition) is 0. The molecule has 0 aromatic rings. The molecule has 0 aliphatic rings. The number of carbonyl (C=O) groups excluding carboxylic acids is 1. The van der Waals surface area contributed by atoms with Gasteiger partial charge in [0.05, 0.1) is 0 Å². The summed E-state index contributed by atoms with van der Waals surface area (Å²) < 4.78 is 26.1. The van der Waals surface area contributed by atoms with Crippen molar-refractivity contribution in [3.8, 4) is 0 Å². The second kappa shape index (κ2) is 3.77. The Morgan fingerprint density at radius 1 is 1.75 bits per heavy atom. The second-order valence-corrected chi connectivity index (χ2v) is 1.37. The third-order valence-corrected chi connectivity index (χ3v) is 0.768. The second-order valence-electron chi connectivity index (χ2n) is 1.04. The van der Waals surface area contributed by atoms with E-state index in [2.05, 4.69) is 20.1 Å². The minimum absolute atomic E-state index is 0.856. The molecule has 2 nitrogen and oxygen atoms in total. The first-order chi connectivity index (χ1) is 3.66. The topological polar surface area (TPSA) is 26.3 Å². The van der Waals surface area contributed by atoms with Crippen LogP contribution in [0.3, 0.4) is 0 Å². The molecule has 0 rings (SSSR count). The van der Waals surface area contributed by atoms with Crippen LogP contribution in [0.1, 0.15) is 6.42 Å². The highest BCUT2D eigenvalue weighted by molar-refractivity contribution is 9.06. The van der Waals surface area contributed by atoms with Gasteiger partial charge in [-0.2, -0.15) is 0 Å². The van der Waals surface area contributed by atoms with Crippen molar-refractivity contribution in [3.05, 3.63) is 0 Å². The van der Waals surface area contributed by atoms with Crippen LogP contribution in [0, 0.1) is 0 Å². The summed E-state index contributed by atoms with van der Waals surface area (Å²) in [5, 5.41) is 0. The van der Waals surface area contributed by atoms with Crippen molar-refractivity contribution < 1.29 is 17.4 Å². The van der Waals surface area contributed by atoms with Crippen molar-refractivity contribution >= 4 is 22.2 Å². The third-order valence-electron chi connectivity index (χ3n) is 0.407. The summed E-state index contributed by atoms with van der Waals surface area (Å²) in [7, 11) is 0. The Kier molecular flexibility index (Phi) is 3.68. The van der Waals surface area contributed by atoms with Crippen molar-refractivity contribution in [2.75, 3.05) is 0 Å².